The zero-order valence-electron chi connectivity index (χ0n) is 29.5. The summed E-state index contributed by atoms with van der Waals surface area (Å²) in [5.41, 5.74) is 11.8. The predicted molar refractivity (Wildman–Crippen MR) is 227 cm³/mol. The summed E-state index contributed by atoms with van der Waals surface area (Å²) >= 11 is 1.86. The molecular weight excluding hydrogens is 647 g/mol. The summed E-state index contributed by atoms with van der Waals surface area (Å²) in [6.07, 6.45) is 9.53. The van der Waals surface area contributed by atoms with Crippen molar-refractivity contribution in [2.24, 2.45) is 0 Å². The molecule has 0 saturated carbocycles. The van der Waals surface area contributed by atoms with Crippen LogP contribution in [0.1, 0.15) is 25.0 Å². The summed E-state index contributed by atoms with van der Waals surface area (Å²) in [5.74, 6) is 0. The number of fused-ring (bicyclic) bond motifs is 5. The summed E-state index contributed by atoms with van der Waals surface area (Å²) in [6.45, 7) is 9.11. The van der Waals surface area contributed by atoms with Gasteiger partial charge < -0.3 is 4.90 Å². The molecule has 2 heteroatoms. The van der Waals surface area contributed by atoms with E-state index in [0.29, 0.717) is 0 Å². The first-order valence-corrected chi connectivity index (χ1v) is 18.8. The molecule has 52 heavy (non-hydrogen) atoms. The van der Waals surface area contributed by atoms with Crippen molar-refractivity contribution in [1.29, 1.82) is 0 Å². The molecule has 0 N–H and O–H groups in total. The van der Waals surface area contributed by atoms with Crippen molar-refractivity contribution < 1.29 is 0 Å². The summed E-state index contributed by atoms with van der Waals surface area (Å²) in [6, 6.07) is 55.8. The van der Waals surface area contributed by atoms with Gasteiger partial charge in [0.25, 0.3) is 0 Å². The van der Waals surface area contributed by atoms with E-state index in [2.05, 4.69) is 201 Å². The first kappa shape index (κ1) is 32.0. The smallest absolute Gasteiger partial charge is 0.0540 e. The van der Waals surface area contributed by atoms with Gasteiger partial charge in [0.1, 0.15) is 0 Å². The van der Waals surface area contributed by atoms with Gasteiger partial charge in [-0.2, -0.15) is 0 Å². The molecule has 0 bridgehead atoms. The Hall–Kier alpha value is -5.96. The van der Waals surface area contributed by atoms with Gasteiger partial charge >= 0.3 is 0 Å². The van der Waals surface area contributed by atoms with Gasteiger partial charge in [-0.3, -0.25) is 0 Å². The van der Waals surface area contributed by atoms with Crippen molar-refractivity contribution in [3.05, 3.63) is 199 Å². The molecule has 1 heterocycles. The normalized spacial score (nSPS) is 15.2. The zero-order chi connectivity index (χ0) is 35.2. The summed E-state index contributed by atoms with van der Waals surface area (Å²) in [5, 5.41) is 5.08. The first-order chi connectivity index (χ1) is 25.5. The van der Waals surface area contributed by atoms with Crippen molar-refractivity contribution in [2.75, 3.05) is 4.90 Å². The van der Waals surface area contributed by atoms with Crippen LogP contribution in [0.4, 0.5) is 17.1 Å². The minimum absolute atomic E-state index is 0.243. The van der Waals surface area contributed by atoms with E-state index in [0.717, 1.165) is 29.1 Å². The fraction of sp³-hybridized carbons (Fsp3) is 0.0800. The molecule has 0 spiro atoms. The molecule has 0 fully saturated rings. The van der Waals surface area contributed by atoms with Gasteiger partial charge in [-0.1, -0.05) is 148 Å². The molecule has 0 amide bonds. The van der Waals surface area contributed by atoms with Crippen LogP contribution in [0.25, 0.3) is 53.2 Å². The number of hydrogen-bond acceptors (Lipinski definition) is 2. The van der Waals surface area contributed by atoms with Gasteiger partial charge in [-0.05, 0) is 99.3 Å². The molecule has 8 aromatic rings. The van der Waals surface area contributed by atoms with Crippen LogP contribution in [0, 0.1) is 0 Å². The lowest BCUT2D eigenvalue weighted by Gasteiger charge is -2.32. The number of rotatable bonds is 5. The molecular formula is C50H39NS. The minimum Gasteiger partial charge on any atom is -0.310 e. The Labute approximate surface area is 310 Å². The van der Waals surface area contributed by atoms with E-state index in [4.69, 9.17) is 0 Å². The molecule has 250 valence electrons. The van der Waals surface area contributed by atoms with Crippen LogP contribution in [-0.2, 0) is 11.8 Å². The van der Waals surface area contributed by atoms with Crippen molar-refractivity contribution in [1.82, 2.24) is 0 Å². The Bertz CT molecular complexity index is 2690. The maximum absolute atomic E-state index is 4.52. The average Bonchev–Trinajstić information content (AvgIpc) is 3.58. The van der Waals surface area contributed by atoms with E-state index in [-0.39, 0.29) is 5.41 Å². The monoisotopic (exact) mass is 685 g/mol. The van der Waals surface area contributed by atoms with Crippen LogP contribution in [0.5, 0.6) is 0 Å². The van der Waals surface area contributed by atoms with E-state index in [9.17, 15) is 0 Å². The van der Waals surface area contributed by atoms with E-state index in [1.54, 1.807) is 0 Å². The molecule has 0 aliphatic heterocycles. The number of thiophene rings is 1. The SMILES string of the molecule is C=C1/C=C\C=C/Cc2ccc(N(c3ccc(-c4ccc5sc6ccccc6c5c4)cc3)c3ccc(-c4ccccc4)c4ccccc34)cc2C1(C)C. The minimum atomic E-state index is -0.243. The lowest BCUT2D eigenvalue weighted by Crippen LogP contribution is -2.22. The van der Waals surface area contributed by atoms with Crippen LogP contribution in [-0.4, -0.2) is 0 Å². The Balaban J connectivity index is 1.22. The Morgan fingerprint density at radius 1 is 0.558 bits per heavy atom. The third-order valence-corrected chi connectivity index (χ3v) is 11.9. The van der Waals surface area contributed by atoms with Gasteiger partial charge in [0, 0.05) is 42.3 Å². The maximum atomic E-state index is 4.52. The van der Waals surface area contributed by atoms with E-state index in [1.165, 1.54) is 64.3 Å². The highest BCUT2D eigenvalue weighted by Crippen LogP contribution is 2.45. The van der Waals surface area contributed by atoms with Crippen LogP contribution in [0.15, 0.2) is 188 Å². The molecule has 9 rings (SSSR count). The van der Waals surface area contributed by atoms with Gasteiger partial charge in [-0.25, -0.2) is 0 Å². The number of anilines is 3. The van der Waals surface area contributed by atoms with Crippen molar-refractivity contribution in [3.63, 3.8) is 0 Å². The van der Waals surface area contributed by atoms with E-state index < -0.39 is 0 Å². The highest BCUT2D eigenvalue weighted by atomic mass is 32.1. The fourth-order valence-electron chi connectivity index (χ4n) is 7.77. The topological polar surface area (TPSA) is 3.24 Å². The van der Waals surface area contributed by atoms with Gasteiger partial charge in [-0.15, -0.1) is 11.3 Å². The maximum Gasteiger partial charge on any atom is 0.0540 e. The number of hydrogen-bond donors (Lipinski definition) is 0. The lowest BCUT2D eigenvalue weighted by atomic mass is 9.75. The molecule has 0 unspecified atom stereocenters. The molecule has 1 aromatic heterocycles. The molecule has 7 aromatic carbocycles. The zero-order valence-corrected chi connectivity index (χ0v) is 30.3. The molecule has 1 nitrogen and oxygen atoms in total. The molecule has 1 aliphatic rings. The summed E-state index contributed by atoms with van der Waals surface area (Å²) < 4.78 is 2.65. The number of benzene rings is 7. The third kappa shape index (κ3) is 5.57. The summed E-state index contributed by atoms with van der Waals surface area (Å²) in [7, 11) is 0. The van der Waals surface area contributed by atoms with Crippen molar-refractivity contribution in [3.8, 4) is 22.3 Å². The van der Waals surface area contributed by atoms with Gasteiger partial charge in [0.15, 0.2) is 0 Å². The fourth-order valence-corrected chi connectivity index (χ4v) is 8.86. The molecule has 1 aliphatic carbocycles. The molecule has 0 radical (unpaired) electrons. The number of nitrogens with zero attached hydrogens (tertiary/aromatic N) is 1. The second-order valence-corrected chi connectivity index (χ2v) is 15.3. The van der Waals surface area contributed by atoms with Crippen LogP contribution >= 0.6 is 11.3 Å². The summed E-state index contributed by atoms with van der Waals surface area (Å²) in [4.78, 5) is 2.44. The van der Waals surface area contributed by atoms with Gasteiger partial charge in [0.05, 0.1) is 5.69 Å². The Kier molecular flexibility index (Phi) is 7.98. The van der Waals surface area contributed by atoms with Crippen LogP contribution in [0.3, 0.4) is 0 Å². The highest BCUT2D eigenvalue weighted by molar-refractivity contribution is 7.25. The largest absolute Gasteiger partial charge is 0.310 e. The quantitative estimate of drug-likeness (QED) is 0.174. The van der Waals surface area contributed by atoms with E-state index in [1.807, 2.05) is 11.3 Å². The van der Waals surface area contributed by atoms with Gasteiger partial charge in [0.2, 0.25) is 0 Å². The number of allylic oxidation sites excluding steroid dienone is 5. The standard InChI is InChI=1S/C50H39NS/c1-34-14-6-4-9-17-37-24-28-40(33-46(37)50(34,2)3)51(47-30-29-41(36-15-7-5-8-16-36)42-18-10-11-19-43(42)47)39-26-22-35(23-27-39)38-25-31-49-45(32-38)44-20-12-13-21-48(44)52-49/h4-16,18-33H,1,17H2,2-3H3/b9-4-,14-6-. The molecule has 0 saturated heterocycles. The Morgan fingerprint density at radius 2 is 1.25 bits per heavy atom. The second kappa shape index (κ2) is 13.0. The van der Waals surface area contributed by atoms with Crippen LogP contribution < -0.4 is 4.90 Å². The second-order valence-electron chi connectivity index (χ2n) is 14.2. The average molecular weight is 686 g/mol. The van der Waals surface area contributed by atoms with Crippen molar-refractivity contribution in [2.45, 2.75) is 25.7 Å². The third-order valence-electron chi connectivity index (χ3n) is 10.8. The predicted octanol–water partition coefficient (Wildman–Crippen LogP) is 14.5. The first-order valence-electron chi connectivity index (χ1n) is 18.0. The van der Waals surface area contributed by atoms with Crippen molar-refractivity contribution >= 4 is 59.3 Å². The molecule has 0 atom stereocenters. The van der Waals surface area contributed by atoms with Crippen LogP contribution in [0.2, 0.25) is 0 Å². The Morgan fingerprint density at radius 3 is 2.08 bits per heavy atom. The van der Waals surface area contributed by atoms with E-state index >= 15 is 0 Å². The highest BCUT2D eigenvalue weighted by Gasteiger charge is 2.28. The lowest BCUT2D eigenvalue weighted by molar-refractivity contribution is 0.635.